The maximum Gasteiger partial charge on any atom is 0.306 e. The molecule has 0 heterocycles. The molecule has 410 valence electrons. The highest BCUT2D eigenvalue weighted by atomic mass is 16.6. The highest BCUT2D eigenvalue weighted by Crippen LogP contribution is 2.17. The van der Waals surface area contributed by atoms with E-state index in [1.165, 1.54) is 225 Å². The van der Waals surface area contributed by atoms with Crippen LogP contribution in [0.1, 0.15) is 335 Å². The van der Waals surface area contributed by atoms with Crippen molar-refractivity contribution in [3.8, 4) is 0 Å². The molecule has 0 fully saturated rings. The minimum absolute atomic E-state index is 0.0753. The number of allylic oxidation sites excluding steroid dienone is 6. The zero-order chi connectivity index (χ0) is 50.7. The number of carbonyl (C=O) groups excluding carboxylic acids is 3. The lowest BCUT2D eigenvalue weighted by molar-refractivity contribution is -0.167. The molecule has 0 N–H and O–H groups in total. The van der Waals surface area contributed by atoms with Crippen LogP contribution in [-0.4, -0.2) is 37.2 Å². The SMILES string of the molecule is CCCCCC/C=C\CCCCCCCC(=O)OCC(COC(=O)CCCCCCCCCCCCCCC/C=C\CCCCCCCCCC)OC(=O)CCCCCCC/C=C\CCCCCCC. The topological polar surface area (TPSA) is 78.9 Å². The van der Waals surface area contributed by atoms with E-state index in [1.54, 1.807) is 0 Å². The standard InChI is InChI=1S/C64H118O6/c1-4-7-10-13-16-19-22-25-27-28-29-30-31-32-33-34-35-36-37-40-42-45-48-51-54-57-63(66)69-60-61(59-68-62(65)56-53-50-47-44-41-38-24-21-18-15-12-9-6-3)70-64(67)58-55-52-49-46-43-39-26-23-20-17-14-11-8-5-2/h21,23-24,26,28-29,61H,4-20,22,25,27,30-60H2,1-3H3/b24-21-,26-23-,29-28-. The van der Waals surface area contributed by atoms with Crippen molar-refractivity contribution in [3.05, 3.63) is 36.5 Å². The molecular formula is C64H118O6. The fourth-order valence-corrected chi connectivity index (χ4v) is 9.13. The Morgan fingerprint density at radius 2 is 0.471 bits per heavy atom. The van der Waals surface area contributed by atoms with Gasteiger partial charge in [-0.05, 0) is 96.3 Å². The van der Waals surface area contributed by atoms with E-state index in [0.29, 0.717) is 19.3 Å². The predicted octanol–water partition coefficient (Wildman–Crippen LogP) is 20.8. The molecule has 0 saturated carbocycles. The minimum Gasteiger partial charge on any atom is -0.462 e. The van der Waals surface area contributed by atoms with Gasteiger partial charge in [0.05, 0.1) is 0 Å². The monoisotopic (exact) mass is 983 g/mol. The van der Waals surface area contributed by atoms with E-state index in [2.05, 4.69) is 57.2 Å². The average Bonchev–Trinajstić information content (AvgIpc) is 3.36. The molecule has 70 heavy (non-hydrogen) atoms. The average molecular weight is 984 g/mol. The first kappa shape index (κ1) is 67.6. The predicted molar refractivity (Wildman–Crippen MR) is 302 cm³/mol. The summed E-state index contributed by atoms with van der Waals surface area (Å²) in [6, 6.07) is 0. The lowest BCUT2D eigenvalue weighted by Gasteiger charge is -2.18. The molecule has 0 aromatic rings. The summed E-state index contributed by atoms with van der Waals surface area (Å²) in [5.41, 5.74) is 0. The Balaban J connectivity index is 4.23. The summed E-state index contributed by atoms with van der Waals surface area (Å²) in [5.74, 6) is -0.876. The number of unbranched alkanes of at least 4 members (excludes halogenated alkanes) is 40. The van der Waals surface area contributed by atoms with Crippen LogP contribution < -0.4 is 0 Å². The van der Waals surface area contributed by atoms with Crippen molar-refractivity contribution in [3.63, 3.8) is 0 Å². The van der Waals surface area contributed by atoms with Crippen LogP contribution in [0.4, 0.5) is 0 Å². The molecule has 0 radical (unpaired) electrons. The first-order valence-electron chi connectivity index (χ1n) is 31.0. The molecule has 0 spiro atoms. The molecule has 0 bridgehead atoms. The second-order valence-electron chi connectivity index (χ2n) is 21.0. The van der Waals surface area contributed by atoms with Crippen LogP contribution in [0, 0.1) is 0 Å². The van der Waals surface area contributed by atoms with Crippen LogP contribution in [0.5, 0.6) is 0 Å². The van der Waals surface area contributed by atoms with E-state index < -0.39 is 6.10 Å². The maximum absolute atomic E-state index is 12.8. The third kappa shape index (κ3) is 56.5. The molecule has 0 aliphatic heterocycles. The maximum atomic E-state index is 12.8. The van der Waals surface area contributed by atoms with Gasteiger partial charge in [-0.15, -0.1) is 0 Å². The Bertz CT molecular complexity index is 1170. The molecule has 6 heteroatoms. The Morgan fingerprint density at radius 1 is 0.271 bits per heavy atom. The van der Waals surface area contributed by atoms with Gasteiger partial charge in [0.25, 0.3) is 0 Å². The van der Waals surface area contributed by atoms with Crippen LogP contribution in [0.25, 0.3) is 0 Å². The zero-order valence-corrected chi connectivity index (χ0v) is 47.1. The van der Waals surface area contributed by atoms with Crippen molar-refractivity contribution in [1.29, 1.82) is 0 Å². The summed E-state index contributed by atoms with van der Waals surface area (Å²) in [7, 11) is 0. The summed E-state index contributed by atoms with van der Waals surface area (Å²) < 4.78 is 16.9. The lowest BCUT2D eigenvalue weighted by atomic mass is 10.0. The molecule has 0 aliphatic rings. The second-order valence-corrected chi connectivity index (χ2v) is 21.0. The van der Waals surface area contributed by atoms with Gasteiger partial charge < -0.3 is 14.2 Å². The van der Waals surface area contributed by atoms with E-state index >= 15 is 0 Å². The summed E-state index contributed by atoms with van der Waals surface area (Å²) in [6.45, 7) is 6.64. The number of ether oxygens (including phenoxy) is 3. The van der Waals surface area contributed by atoms with Gasteiger partial charge in [0.2, 0.25) is 0 Å². The summed E-state index contributed by atoms with van der Waals surface area (Å²) in [4.78, 5) is 38.2. The van der Waals surface area contributed by atoms with Crippen molar-refractivity contribution in [2.24, 2.45) is 0 Å². The molecule has 0 aromatic carbocycles. The molecule has 0 amide bonds. The van der Waals surface area contributed by atoms with Crippen LogP contribution in [-0.2, 0) is 28.6 Å². The molecule has 0 saturated heterocycles. The first-order chi connectivity index (χ1) is 34.5. The Labute approximate surface area is 435 Å². The van der Waals surface area contributed by atoms with Crippen LogP contribution in [0.3, 0.4) is 0 Å². The zero-order valence-electron chi connectivity index (χ0n) is 47.1. The quantitative estimate of drug-likeness (QED) is 0.0261. The number of hydrogen-bond donors (Lipinski definition) is 0. The van der Waals surface area contributed by atoms with Crippen molar-refractivity contribution in [2.75, 3.05) is 13.2 Å². The van der Waals surface area contributed by atoms with Crippen LogP contribution >= 0.6 is 0 Å². The van der Waals surface area contributed by atoms with Gasteiger partial charge in [0.1, 0.15) is 13.2 Å². The summed E-state index contributed by atoms with van der Waals surface area (Å²) >= 11 is 0. The van der Waals surface area contributed by atoms with E-state index in [4.69, 9.17) is 14.2 Å². The van der Waals surface area contributed by atoms with E-state index in [-0.39, 0.29) is 31.1 Å². The van der Waals surface area contributed by atoms with Gasteiger partial charge in [0, 0.05) is 19.3 Å². The smallest absolute Gasteiger partial charge is 0.306 e. The Hall–Kier alpha value is -2.37. The molecular weight excluding hydrogens is 865 g/mol. The Kier molecular flexibility index (Phi) is 57.2. The molecule has 6 nitrogen and oxygen atoms in total. The fraction of sp³-hybridized carbons (Fsp3) is 0.859. The number of hydrogen-bond acceptors (Lipinski definition) is 6. The van der Waals surface area contributed by atoms with Crippen LogP contribution in [0.2, 0.25) is 0 Å². The summed E-state index contributed by atoms with van der Waals surface area (Å²) in [5, 5.41) is 0. The number of esters is 3. The lowest BCUT2D eigenvalue weighted by Crippen LogP contribution is -2.30. The van der Waals surface area contributed by atoms with Gasteiger partial charge in [-0.2, -0.15) is 0 Å². The molecule has 0 rings (SSSR count). The van der Waals surface area contributed by atoms with Gasteiger partial charge >= 0.3 is 17.9 Å². The molecule has 1 unspecified atom stereocenters. The molecule has 0 aromatic heterocycles. The highest BCUT2D eigenvalue weighted by molar-refractivity contribution is 5.71. The van der Waals surface area contributed by atoms with Crippen molar-refractivity contribution >= 4 is 17.9 Å². The number of carbonyl (C=O) groups is 3. The Morgan fingerprint density at radius 3 is 0.729 bits per heavy atom. The van der Waals surface area contributed by atoms with Gasteiger partial charge in [-0.3, -0.25) is 14.4 Å². The van der Waals surface area contributed by atoms with Gasteiger partial charge in [-0.1, -0.05) is 256 Å². The fourth-order valence-electron chi connectivity index (χ4n) is 9.13. The van der Waals surface area contributed by atoms with Crippen molar-refractivity contribution in [1.82, 2.24) is 0 Å². The molecule has 0 aliphatic carbocycles. The van der Waals surface area contributed by atoms with E-state index in [9.17, 15) is 14.4 Å². The van der Waals surface area contributed by atoms with Gasteiger partial charge in [-0.25, -0.2) is 0 Å². The van der Waals surface area contributed by atoms with Gasteiger partial charge in [0.15, 0.2) is 6.10 Å². The van der Waals surface area contributed by atoms with Crippen molar-refractivity contribution < 1.29 is 28.6 Å². The first-order valence-corrected chi connectivity index (χ1v) is 31.0. The minimum atomic E-state index is -0.778. The number of rotatable bonds is 57. The van der Waals surface area contributed by atoms with Crippen molar-refractivity contribution in [2.45, 2.75) is 341 Å². The third-order valence-corrected chi connectivity index (χ3v) is 13.8. The normalized spacial score (nSPS) is 12.2. The summed E-state index contributed by atoms with van der Waals surface area (Å²) in [6.07, 6.45) is 71.5. The third-order valence-electron chi connectivity index (χ3n) is 13.8. The second kappa shape index (κ2) is 59.2. The van der Waals surface area contributed by atoms with Crippen LogP contribution in [0.15, 0.2) is 36.5 Å². The largest absolute Gasteiger partial charge is 0.462 e. The highest BCUT2D eigenvalue weighted by Gasteiger charge is 2.19. The van der Waals surface area contributed by atoms with E-state index in [0.717, 1.165) is 70.6 Å². The van der Waals surface area contributed by atoms with E-state index in [1.807, 2.05) is 0 Å². The molecule has 1 atom stereocenters.